The van der Waals surface area contributed by atoms with Crippen LogP contribution in [0.3, 0.4) is 0 Å². The highest BCUT2D eigenvalue weighted by Gasteiger charge is 2.36. The van der Waals surface area contributed by atoms with E-state index in [4.69, 9.17) is 10.7 Å². The van der Waals surface area contributed by atoms with Crippen molar-refractivity contribution in [2.45, 2.75) is 57.2 Å². The van der Waals surface area contributed by atoms with Crippen LogP contribution in [0.15, 0.2) is 36.5 Å². The molecule has 2 aliphatic rings. The molecule has 2 unspecified atom stereocenters. The van der Waals surface area contributed by atoms with Crippen molar-refractivity contribution in [2.75, 3.05) is 12.3 Å². The predicted molar refractivity (Wildman–Crippen MR) is 123 cm³/mol. The number of imidazole rings is 1. The van der Waals surface area contributed by atoms with Crippen LogP contribution in [0.25, 0.3) is 0 Å². The minimum Gasteiger partial charge on any atom is -0.332 e. The number of hydrogen-bond donors (Lipinski definition) is 2. The fourth-order valence-electron chi connectivity index (χ4n) is 4.86. The zero-order chi connectivity index (χ0) is 20.2. The van der Waals surface area contributed by atoms with Gasteiger partial charge < -0.3 is 15.2 Å². The van der Waals surface area contributed by atoms with Crippen LogP contribution in [0.4, 0.5) is 0 Å². The first-order valence-electron chi connectivity index (χ1n) is 10.9. The molecule has 1 aromatic carbocycles. The summed E-state index contributed by atoms with van der Waals surface area (Å²) in [6, 6.07) is 9.93. The molecule has 4 rings (SSSR count). The lowest BCUT2D eigenvalue weighted by atomic mass is 9.67. The number of carbonyl (C=O) groups excluding carboxylic acids is 1. The molecular weight excluding hydrogens is 379 g/mol. The van der Waals surface area contributed by atoms with Crippen LogP contribution in [0.2, 0.25) is 0 Å². The van der Waals surface area contributed by atoms with E-state index in [-0.39, 0.29) is 11.9 Å². The molecule has 1 fully saturated rings. The summed E-state index contributed by atoms with van der Waals surface area (Å²) in [6.07, 6.45) is 9.63. The zero-order valence-electron chi connectivity index (χ0n) is 17.0. The molecule has 1 amide bonds. The Labute approximate surface area is 179 Å². The van der Waals surface area contributed by atoms with Gasteiger partial charge in [-0.1, -0.05) is 67.9 Å². The third-order valence-corrected chi connectivity index (χ3v) is 6.81. The molecule has 1 aliphatic heterocycles. The minimum absolute atomic E-state index is 0.0136. The Morgan fingerprint density at radius 1 is 1.21 bits per heavy atom. The average Bonchev–Trinajstić information content (AvgIpc) is 3.17. The molecule has 154 valence electrons. The Bertz CT molecular complexity index is 821. The topological polar surface area (TPSA) is 64.2 Å². The molecule has 5 nitrogen and oxygen atoms in total. The van der Waals surface area contributed by atoms with E-state index in [1.807, 2.05) is 11.0 Å². The SMILES string of the molecule is NC(CS)C(=O)N1CCn2cc(Bc3ccccc3)nc2C1CC1CCCCC1. The minimum atomic E-state index is -0.544. The largest absolute Gasteiger partial charge is 0.332 e. The molecule has 1 aromatic heterocycles. The lowest BCUT2D eigenvalue weighted by Gasteiger charge is -2.39. The first kappa shape index (κ1) is 20.5. The number of amides is 1. The van der Waals surface area contributed by atoms with E-state index in [1.165, 1.54) is 37.6 Å². The lowest BCUT2D eigenvalue weighted by Crippen LogP contribution is -2.50. The lowest BCUT2D eigenvalue weighted by molar-refractivity contribution is -0.136. The highest BCUT2D eigenvalue weighted by molar-refractivity contribution is 7.80. The Kier molecular flexibility index (Phi) is 6.65. The van der Waals surface area contributed by atoms with Crippen molar-refractivity contribution in [2.24, 2.45) is 11.7 Å². The maximum absolute atomic E-state index is 13.0. The molecule has 2 heterocycles. The average molecular weight is 410 g/mol. The molecule has 2 N–H and O–H groups in total. The summed E-state index contributed by atoms with van der Waals surface area (Å²) in [5, 5.41) is 0. The number of fused-ring (bicyclic) bond motifs is 1. The Balaban J connectivity index is 1.60. The number of nitrogens with zero attached hydrogens (tertiary/aromatic N) is 3. The molecule has 0 bridgehead atoms. The monoisotopic (exact) mass is 410 g/mol. The number of benzene rings is 1. The van der Waals surface area contributed by atoms with E-state index in [0.717, 1.165) is 31.7 Å². The van der Waals surface area contributed by atoms with Gasteiger partial charge in [-0.25, -0.2) is 4.98 Å². The van der Waals surface area contributed by atoms with E-state index in [0.29, 0.717) is 18.2 Å². The van der Waals surface area contributed by atoms with Gasteiger partial charge in [-0.05, 0) is 12.3 Å². The van der Waals surface area contributed by atoms with Crippen molar-refractivity contribution < 1.29 is 4.79 Å². The van der Waals surface area contributed by atoms with Gasteiger partial charge in [0.25, 0.3) is 0 Å². The van der Waals surface area contributed by atoms with Gasteiger partial charge in [-0.15, -0.1) is 0 Å². The fraction of sp³-hybridized carbons (Fsp3) is 0.545. The van der Waals surface area contributed by atoms with Crippen molar-refractivity contribution in [1.82, 2.24) is 14.5 Å². The standard InChI is InChI=1S/C22H31BN4OS/c24-18(15-29)22(28)27-12-11-26-14-20(23-17-9-5-2-6-10-17)25-21(26)19(27)13-16-7-3-1-4-8-16/h2,5-6,9-10,14,16,18-19,23,29H,1,3-4,7-8,11-13,15,24H2. The Hall–Kier alpha value is -1.73. The van der Waals surface area contributed by atoms with Gasteiger partial charge in [0.05, 0.1) is 12.1 Å². The van der Waals surface area contributed by atoms with Crippen molar-refractivity contribution in [3.05, 3.63) is 42.4 Å². The third kappa shape index (κ3) is 4.72. The number of rotatable bonds is 6. The van der Waals surface area contributed by atoms with Crippen molar-refractivity contribution >= 4 is 36.9 Å². The summed E-state index contributed by atoms with van der Waals surface area (Å²) < 4.78 is 2.27. The molecule has 2 atom stereocenters. The van der Waals surface area contributed by atoms with Gasteiger partial charge in [0.2, 0.25) is 13.2 Å². The number of nitrogens with two attached hydrogens (primary N) is 1. The molecule has 7 heteroatoms. The molecular formula is C22H31BN4OS. The van der Waals surface area contributed by atoms with E-state index in [9.17, 15) is 4.79 Å². The van der Waals surface area contributed by atoms with Gasteiger partial charge in [0.1, 0.15) is 5.82 Å². The van der Waals surface area contributed by atoms with Crippen LogP contribution in [-0.2, 0) is 11.3 Å². The molecule has 0 spiro atoms. The van der Waals surface area contributed by atoms with E-state index in [2.05, 4.69) is 47.7 Å². The molecule has 0 radical (unpaired) electrons. The quantitative estimate of drug-likeness (QED) is 0.559. The van der Waals surface area contributed by atoms with Crippen LogP contribution in [0.1, 0.15) is 50.4 Å². The summed E-state index contributed by atoms with van der Waals surface area (Å²) >= 11 is 4.26. The second kappa shape index (κ2) is 9.39. The van der Waals surface area contributed by atoms with Crippen LogP contribution >= 0.6 is 12.6 Å². The van der Waals surface area contributed by atoms with Gasteiger partial charge in [-0.3, -0.25) is 4.79 Å². The maximum Gasteiger partial charge on any atom is 0.241 e. The van der Waals surface area contributed by atoms with Crippen LogP contribution < -0.4 is 16.8 Å². The van der Waals surface area contributed by atoms with Gasteiger partial charge in [0, 0.05) is 30.6 Å². The predicted octanol–water partition coefficient (Wildman–Crippen LogP) is 1.38. The van der Waals surface area contributed by atoms with Crippen molar-refractivity contribution in [3.8, 4) is 0 Å². The van der Waals surface area contributed by atoms with E-state index in [1.54, 1.807) is 0 Å². The van der Waals surface area contributed by atoms with Gasteiger partial charge in [-0.2, -0.15) is 12.6 Å². The Morgan fingerprint density at radius 2 is 1.97 bits per heavy atom. The normalized spacial score (nSPS) is 20.9. The smallest absolute Gasteiger partial charge is 0.241 e. The first-order valence-corrected chi connectivity index (χ1v) is 11.6. The third-order valence-electron chi connectivity index (χ3n) is 6.42. The summed E-state index contributed by atoms with van der Waals surface area (Å²) in [5.41, 5.74) is 8.41. The van der Waals surface area contributed by atoms with Gasteiger partial charge >= 0.3 is 0 Å². The van der Waals surface area contributed by atoms with E-state index < -0.39 is 6.04 Å². The van der Waals surface area contributed by atoms with E-state index >= 15 is 0 Å². The second-order valence-corrected chi connectivity index (χ2v) is 8.89. The zero-order valence-corrected chi connectivity index (χ0v) is 17.9. The van der Waals surface area contributed by atoms with Crippen LogP contribution in [0, 0.1) is 5.92 Å². The summed E-state index contributed by atoms with van der Waals surface area (Å²) in [4.78, 5) is 20.0. The summed E-state index contributed by atoms with van der Waals surface area (Å²) in [5.74, 6) is 2.09. The highest BCUT2D eigenvalue weighted by Crippen LogP contribution is 2.36. The summed E-state index contributed by atoms with van der Waals surface area (Å²) in [6.45, 7) is 1.48. The Morgan fingerprint density at radius 3 is 2.69 bits per heavy atom. The molecule has 1 aliphatic carbocycles. The highest BCUT2D eigenvalue weighted by atomic mass is 32.1. The van der Waals surface area contributed by atoms with Crippen LogP contribution in [0.5, 0.6) is 0 Å². The number of thiol groups is 1. The second-order valence-electron chi connectivity index (χ2n) is 8.52. The molecule has 2 aromatic rings. The fourth-order valence-corrected chi connectivity index (χ4v) is 5.01. The molecule has 0 saturated heterocycles. The van der Waals surface area contributed by atoms with Crippen LogP contribution in [-0.4, -0.2) is 46.0 Å². The van der Waals surface area contributed by atoms with Gasteiger partial charge in [0.15, 0.2) is 0 Å². The van der Waals surface area contributed by atoms with Crippen molar-refractivity contribution in [1.29, 1.82) is 0 Å². The summed E-state index contributed by atoms with van der Waals surface area (Å²) in [7, 11) is 0.821. The number of hydrogen-bond acceptors (Lipinski definition) is 4. The first-order chi connectivity index (χ1) is 14.2. The van der Waals surface area contributed by atoms with Crippen molar-refractivity contribution in [3.63, 3.8) is 0 Å². The molecule has 1 saturated carbocycles. The molecule has 29 heavy (non-hydrogen) atoms. The number of carbonyl (C=O) groups is 1. The maximum atomic E-state index is 13.0. The number of aromatic nitrogens is 2.